The molecule has 0 radical (unpaired) electrons. The Hall–Kier alpha value is -2.78. The number of amides is 2. The van der Waals surface area contributed by atoms with Gasteiger partial charge < -0.3 is 10.2 Å². The van der Waals surface area contributed by atoms with Crippen molar-refractivity contribution in [2.75, 3.05) is 6.54 Å². The number of aryl methyl sites for hydroxylation is 3. The number of hydrogen-bond acceptors (Lipinski definition) is 5. The van der Waals surface area contributed by atoms with E-state index in [-0.39, 0.29) is 49.0 Å². The van der Waals surface area contributed by atoms with Gasteiger partial charge in [-0.3, -0.25) is 14.3 Å². The maximum Gasteiger partial charge on any atom is 0.273 e. The van der Waals surface area contributed by atoms with E-state index >= 15 is 0 Å². The fraction of sp³-hybridized carbons (Fsp3) is 0.632. The molecule has 2 atom stereocenters. The van der Waals surface area contributed by atoms with Gasteiger partial charge in [-0.15, -0.1) is 5.10 Å². The van der Waals surface area contributed by atoms with Crippen LogP contribution in [0.2, 0.25) is 0 Å². The van der Waals surface area contributed by atoms with E-state index in [2.05, 4.69) is 20.7 Å². The molecule has 2 unspecified atom stereocenters. The minimum absolute atomic E-state index is 0.00916. The Kier molecular flexibility index (Phi) is 6.29. The van der Waals surface area contributed by atoms with Crippen LogP contribution in [-0.2, 0) is 17.9 Å². The molecule has 0 aliphatic carbocycles. The van der Waals surface area contributed by atoms with Gasteiger partial charge in [-0.1, -0.05) is 5.21 Å². The van der Waals surface area contributed by atoms with E-state index in [4.69, 9.17) is 0 Å². The quantitative estimate of drug-likeness (QED) is 0.748. The van der Waals surface area contributed by atoms with E-state index in [1.807, 2.05) is 33.8 Å². The number of halogens is 1. The summed E-state index contributed by atoms with van der Waals surface area (Å²) >= 11 is 0. The zero-order valence-electron chi connectivity index (χ0n) is 17.3. The molecule has 0 aromatic carbocycles. The molecule has 0 bridgehead atoms. The number of carbonyl (C=O) groups excluding carboxylic acids is 2. The van der Waals surface area contributed by atoms with Crippen molar-refractivity contribution < 1.29 is 14.0 Å². The zero-order chi connectivity index (χ0) is 21.1. The summed E-state index contributed by atoms with van der Waals surface area (Å²) in [7, 11) is 0. The predicted octanol–water partition coefficient (Wildman–Crippen LogP) is 1.26. The van der Waals surface area contributed by atoms with Crippen molar-refractivity contribution >= 4 is 11.8 Å². The van der Waals surface area contributed by atoms with Gasteiger partial charge in [0.25, 0.3) is 5.91 Å². The van der Waals surface area contributed by atoms with Crippen molar-refractivity contribution in [1.82, 2.24) is 35.0 Å². The smallest absolute Gasteiger partial charge is 0.273 e. The summed E-state index contributed by atoms with van der Waals surface area (Å²) in [5.74, 6) is -0.417. The Bertz CT molecular complexity index is 876. The van der Waals surface area contributed by atoms with Crippen molar-refractivity contribution in [3.63, 3.8) is 0 Å². The van der Waals surface area contributed by atoms with Crippen LogP contribution in [0, 0.1) is 13.8 Å². The van der Waals surface area contributed by atoms with Gasteiger partial charge in [0.1, 0.15) is 6.17 Å². The fourth-order valence-corrected chi connectivity index (χ4v) is 3.63. The number of hydrogen-bond donors (Lipinski definition) is 1. The van der Waals surface area contributed by atoms with Gasteiger partial charge in [0, 0.05) is 31.1 Å². The molecule has 10 heteroatoms. The highest BCUT2D eigenvalue weighted by Crippen LogP contribution is 2.23. The SMILES string of the molecule is Cc1cc(C)n(CCC(=O)N2CC(F)CC2Cn2cc(C(=O)NC(C)C)nn2)n1. The zero-order valence-corrected chi connectivity index (χ0v) is 17.3. The van der Waals surface area contributed by atoms with Gasteiger partial charge in [0.05, 0.1) is 31.0 Å². The molecular formula is C19H28FN7O2. The van der Waals surface area contributed by atoms with Crippen LogP contribution < -0.4 is 5.32 Å². The van der Waals surface area contributed by atoms with Crippen molar-refractivity contribution in [2.24, 2.45) is 0 Å². The first kappa shape index (κ1) is 20.9. The summed E-state index contributed by atoms with van der Waals surface area (Å²) in [5.41, 5.74) is 2.10. The minimum Gasteiger partial charge on any atom is -0.348 e. The third-order valence-electron chi connectivity index (χ3n) is 4.91. The molecule has 1 aliphatic rings. The fourth-order valence-electron chi connectivity index (χ4n) is 3.63. The van der Waals surface area contributed by atoms with Gasteiger partial charge in [0.15, 0.2) is 5.69 Å². The highest BCUT2D eigenvalue weighted by Gasteiger charge is 2.35. The summed E-state index contributed by atoms with van der Waals surface area (Å²) in [5, 5.41) is 15.0. The summed E-state index contributed by atoms with van der Waals surface area (Å²) < 4.78 is 17.4. The molecule has 1 fully saturated rings. The Morgan fingerprint density at radius 3 is 2.76 bits per heavy atom. The van der Waals surface area contributed by atoms with Crippen LogP contribution in [0.5, 0.6) is 0 Å². The molecular weight excluding hydrogens is 377 g/mol. The van der Waals surface area contributed by atoms with Crippen LogP contribution in [0.3, 0.4) is 0 Å². The van der Waals surface area contributed by atoms with Crippen LogP contribution in [0.4, 0.5) is 4.39 Å². The minimum atomic E-state index is -1.06. The molecule has 3 rings (SSSR count). The average Bonchev–Trinajstić information content (AvgIpc) is 3.32. The second-order valence-electron chi connectivity index (χ2n) is 7.89. The third kappa shape index (κ3) is 5.18. The van der Waals surface area contributed by atoms with Gasteiger partial charge in [-0.2, -0.15) is 5.10 Å². The summed E-state index contributed by atoms with van der Waals surface area (Å²) in [6, 6.07) is 1.63. The number of alkyl halides is 1. The standard InChI is InChI=1S/C19H28FN7O2/c1-12(2)21-19(29)17-11-25(24-22-17)10-16-8-15(20)9-26(16)18(28)5-6-27-14(4)7-13(3)23-27/h7,11-12,15-16H,5-6,8-10H2,1-4H3,(H,21,29). The van der Waals surface area contributed by atoms with E-state index in [9.17, 15) is 14.0 Å². The molecule has 0 saturated carbocycles. The van der Waals surface area contributed by atoms with Crippen LogP contribution in [0.15, 0.2) is 12.3 Å². The molecule has 3 heterocycles. The van der Waals surface area contributed by atoms with Crippen molar-refractivity contribution in [3.05, 3.63) is 29.3 Å². The lowest BCUT2D eigenvalue weighted by atomic mass is 10.2. The van der Waals surface area contributed by atoms with Gasteiger partial charge in [-0.25, -0.2) is 9.07 Å². The maximum atomic E-state index is 14.1. The predicted molar refractivity (Wildman–Crippen MR) is 104 cm³/mol. The summed E-state index contributed by atoms with van der Waals surface area (Å²) in [6.07, 6.45) is 0.968. The van der Waals surface area contributed by atoms with Crippen LogP contribution >= 0.6 is 0 Å². The lowest BCUT2D eigenvalue weighted by molar-refractivity contribution is -0.132. The first-order valence-corrected chi connectivity index (χ1v) is 9.88. The Labute approximate surface area is 169 Å². The van der Waals surface area contributed by atoms with Crippen molar-refractivity contribution in [3.8, 4) is 0 Å². The summed E-state index contributed by atoms with van der Waals surface area (Å²) in [6.45, 7) is 8.41. The number of nitrogens with zero attached hydrogens (tertiary/aromatic N) is 6. The summed E-state index contributed by atoms with van der Waals surface area (Å²) in [4.78, 5) is 26.3. The average molecular weight is 405 g/mol. The van der Waals surface area contributed by atoms with Gasteiger partial charge >= 0.3 is 0 Å². The molecule has 0 spiro atoms. The molecule has 1 N–H and O–H groups in total. The van der Waals surface area contributed by atoms with Gasteiger partial charge in [-0.05, 0) is 33.8 Å². The Morgan fingerprint density at radius 2 is 2.10 bits per heavy atom. The Morgan fingerprint density at radius 1 is 1.34 bits per heavy atom. The van der Waals surface area contributed by atoms with Crippen LogP contribution in [0.25, 0.3) is 0 Å². The number of rotatable bonds is 7. The first-order valence-electron chi connectivity index (χ1n) is 9.88. The van der Waals surface area contributed by atoms with E-state index < -0.39 is 6.17 Å². The molecule has 2 aromatic heterocycles. The molecule has 158 valence electrons. The highest BCUT2D eigenvalue weighted by atomic mass is 19.1. The lowest BCUT2D eigenvalue weighted by Gasteiger charge is -2.24. The van der Waals surface area contributed by atoms with Crippen molar-refractivity contribution in [1.29, 1.82) is 0 Å². The number of nitrogens with one attached hydrogen (secondary N) is 1. The Balaban J connectivity index is 1.61. The number of likely N-dealkylation sites (tertiary alicyclic amines) is 1. The molecule has 2 aromatic rings. The van der Waals surface area contributed by atoms with Crippen molar-refractivity contribution in [2.45, 2.75) is 71.9 Å². The van der Waals surface area contributed by atoms with E-state index in [0.29, 0.717) is 13.1 Å². The highest BCUT2D eigenvalue weighted by molar-refractivity contribution is 5.91. The number of carbonyl (C=O) groups is 2. The molecule has 9 nitrogen and oxygen atoms in total. The molecule has 1 aliphatic heterocycles. The second-order valence-corrected chi connectivity index (χ2v) is 7.89. The molecule has 2 amide bonds. The monoisotopic (exact) mass is 405 g/mol. The van der Waals surface area contributed by atoms with E-state index in [1.54, 1.807) is 9.58 Å². The topological polar surface area (TPSA) is 97.9 Å². The largest absolute Gasteiger partial charge is 0.348 e. The first-order chi connectivity index (χ1) is 13.7. The normalized spacial score (nSPS) is 19.2. The maximum absolute atomic E-state index is 14.1. The third-order valence-corrected chi connectivity index (χ3v) is 4.91. The van der Waals surface area contributed by atoms with E-state index in [0.717, 1.165) is 11.4 Å². The van der Waals surface area contributed by atoms with Crippen LogP contribution in [-0.4, -0.2) is 66.3 Å². The number of aromatic nitrogens is 5. The van der Waals surface area contributed by atoms with E-state index in [1.165, 1.54) is 10.9 Å². The van der Waals surface area contributed by atoms with Crippen LogP contribution in [0.1, 0.15) is 48.6 Å². The van der Waals surface area contributed by atoms with Gasteiger partial charge in [0.2, 0.25) is 5.91 Å². The lowest BCUT2D eigenvalue weighted by Crippen LogP contribution is -2.38. The second kappa shape index (κ2) is 8.71. The molecule has 1 saturated heterocycles. The molecule has 29 heavy (non-hydrogen) atoms.